The number of hydrogen-bond donors (Lipinski definition) is 2. The van der Waals surface area contributed by atoms with Crippen LogP contribution in [0, 0.1) is 0 Å². The molecule has 0 aromatic rings. The first-order chi connectivity index (χ1) is 21.9. The Balaban J connectivity index is -0.000000807. The van der Waals surface area contributed by atoms with Crippen molar-refractivity contribution in [3.8, 4) is 0 Å². The third kappa shape index (κ3) is 36.6. The molecule has 2 atom stereocenters. The summed E-state index contributed by atoms with van der Waals surface area (Å²) in [6, 6.07) is -2.19. The molecule has 0 aliphatic heterocycles. The molecular formula is C34H60MgN2O10. The van der Waals surface area contributed by atoms with Crippen LogP contribution in [0.5, 0.6) is 0 Å². The molecule has 47 heavy (non-hydrogen) atoms. The van der Waals surface area contributed by atoms with E-state index in [0.717, 1.165) is 25.7 Å². The van der Waals surface area contributed by atoms with Crippen molar-refractivity contribution in [1.29, 1.82) is 0 Å². The van der Waals surface area contributed by atoms with Crippen molar-refractivity contribution in [3.63, 3.8) is 0 Å². The van der Waals surface area contributed by atoms with Crippen molar-refractivity contribution >= 4 is 58.9 Å². The van der Waals surface area contributed by atoms with E-state index in [9.17, 15) is 39.0 Å². The Morgan fingerprint density at radius 2 is 0.723 bits per heavy atom. The largest absolute Gasteiger partial charge is 2.00 e. The maximum atomic E-state index is 11.5. The summed E-state index contributed by atoms with van der Waals surface area (Å²) in [4.78, 5) is 66.4. The predicted octanol–water partition coefficient (Wildman–Crippen LogP) is 3.29. The molecule has 0 amide bonds. The van der Waals surface area contributed by atoms with Gasteiger partial charge in [0.05, 0.1) is 0 Å². The minimum absolute atomic E-state index is 0. The summed E-state index contributed by atoms with van der Waals surface area (Å²) in [5.41, 5.74) is 10.9. The molecule has 0 aromatic heterocycles. The molecule has 4 N–H and O–H groups in total. The van der Waals surface area contributed by atoms with Gasteiger partial charge in [0.2, 0.25) is 0 Å². The quantitative estimate of drug-likeness (QED) is 0.0526. The van der Waals surface area contributed by atoms with Crippen LogP contribution in [-0.4, -0.2) is 71.0 Å². The van der Waals surface area contributed by atoms with Gasteiger partial charge in [-0.3, -0.25) is 9.59 Å². The third-order valence-electron chi connectivity index (χ3n) is 7.32. The van der Waals surface area contributed by atoms with Crippen molar-refractivity contribution in [2.75, 3.05) is 0 Å². The topological polar surface area (TPSA) is 219 Å². The molecule has 0 aliphatic rings. The van der Waals surface area contributed by atoms with Gasteiger partial charge in [-0.05, 0) is 38.5 Å². The number of carboxylic acid groups (broad SMARTS) is 2. The third-order valence-corrected chi connectivity index (χ3v) is 7.32. The SMILES string of the molecule is CCCCCCCCCCCC(=O)OC(=O)[C@@H](N)CCC(=O)[O-].CCCCCCCCCCCC(=O)OC(=O)[C@@H](N)CCC(=O)[O-].[Mg+2]. The second-order valence-corrected chi connectivity index (χ2v) is 11.8. The van der Waals surface area contributed by atoms with Crippen LogP contribution in [0.15, 0.2) is 0 Å². The van der Waals surface area contributed by atoms with Gasteiger partial charge >= 0.3 is 46.9 Å². The van der Waals surface area contributed by atoms with Crippen molar-refractivity contribution in [1.82, 2.24) is 0 Å². The Kier molecular flexibility index (Phi) is 36.9. The summed E-state index contributed by atoms with van der Waals surface area (Å²) in [5, 5.41) is 20.5. The van der Waals surface area contributed by atoms with Gasteiger partial charge in [-0.25, -0.2) is 9.59 Å². The number of hydrogen-bond acceptors (Lipinski definition) is 12. The number of carbonyl (C=O) groups is 6. The standard InChI is InChI=1S/2C17H31NO5.Mg/c2*1-2-3-4-5-6-7-8-9-10-11-16(21)23-17(22)14(18)12-13-15(19)20;/h2*14H,2-13,18H2,1H3,(H,19,20);/q;;+2/p-2/t2*14-;/m00./s1. The van der Waals surface area contributed by atoms with E-state index in [0.29, 0.717) is 12.8 Å². The van der Waals surface area contributed by atoms with Crippen LogP contribution in [0.2, 0.25) is 0 Å². The van der Waals surface area contributed by atoms with Crippen LogP contribution < -0.4 is 21.7 Å². The monoisotopic (exact) mass is 680 g/mol. The fourth-order valence-corrected chi connectivity index (χ4v) is 4.42. The summed E-state index contributed by atoms with van der Waals surface area (Å²) in [6.45, 7) is 4.39. The van der Waals surface area contributed by atoms with E-state index in [1.54, 1.807) is 0 Å². The van der Waals surface area contributed by atoms with Gasteiger partial charge in [0.25, 0.3) is 0 Å². The maximum Gasteiger partial charge on any atom is 2.00 e. The number of carboxylic acids is 2. The molecule has 268 valence electrons. The Morgan fingerprint density at radius 3 is 0.979 bits per heavy atom. The Bertz CT molecular complexity index is 789. The summed E-state index contributed by atoms with van der Waals surface area (Å²) >= 11 is 0. The number of ether oxygens (including phenoxy) is 2. The fraction of sp³-hybridized carbons (Fsp3) is 0.824. The first kappa shape index (κ1) is 49.3. The zero-order valence-electron chi connectivity index (χ0n) is 29.1. The number of nitrogens with two attached hydrogens (primary N) is 2. The molecule has 13 heteroatoms. The van der Waals surface area contributed by atoms with Crippen LogP contribution in [0.1, 0.15) is 168 Å². The molecule has 12 nitrogen and oxygen atoms in total. The van der Waals surface area contributed by atoms with Gasteiger partial charge in [0.15, 0.2) is 0 Å². The molecule has 0 spiro atoms. The summed E-state index contributed by atoms with van der Waals surface area (Å²) in [6.07, 6.45) is 20.0. The van der Waals surface area contributed by atoms with Gasteiger partial charge in [-0.1, -0.05) is 117 Å². The second-order valence-electron chi connectivity index (χ2n) is 11.8. The van der Waals surface area contributed by atoms with Crippen LogP contribution in [0.3, 0.4) is 0 Å². The van der Waals surface area contributed by atoms with Crippen LogP contribution in [-0.2, 0) is 38.2 Å². The molecule has 0 aromatic carbocycles. The van der Waals surface area contributed by atoms with E-state index in [2.05, 4.69) is 23.3 Å². The Morgan fingerprint density at radius 1 is 0.468 bits per heavy atom. The van der Waals surface area contributed by atoms with Gasteiger partial charge in [-0.15, -0.1) is 0 Å². The molecule has 0 aliphatic carbocycles. The van der Waals surface area contributed by atoms with Gasteiger partial charge in [0.1, 0.15) is 12.1 Å². The Labute approximate surface area is 298 Å². The van der Waals surface area contributed by atoms with Crippen molar-refractivity contribution in [2.24, 2.45) is 11.5 Å². The maximum absolute atomic E-state index is 11.5. The average molecular weight is 681 g/mol. The molecule has 0 unspecified atom stereocenters. The molecule has 0 saturated heterocycles. The minimum Gasteiger partial charge on any atom is -0.550 e. The molecule has 0 saturated carbocycles. The van der Waals surface area contributed by atoms with Gasteiger partial charge < -0.3 is 40.7 Å². The van der Waals surface area contributed by atoms with Crippen LogP contribution in [0.25, 0.3) is 0 Å². The Hall–Kier alpha value is -2.09. The zero-order valence-corrected chi connectivity index (χ0v) is 30.5. The van der Waals surface area contributed by atoms with E-state index in [-0.39, 0.29) is 61.6 Å². The summed E-state index contributed by atoms with van der Waals surface area (Å²) in [7, 11) is 0. The van der Waals surface area contributed by atoms with E-state index < -0.39 is 47.9 Å². The van der Waals surface area contributed by atoms with Gasteiger partial charge in [0, 0.05) is 24.8 Å². The second kappa shape index (κ2) is 35.2. The molecule has 0 heterocycles. The van der Waals surface area contributed by atoms with Crippen molar-refractivity contribution in [2.45, 2.75) is 180 Å². The average Bonchev–Trinajstić information content (AvgIpc) is 3.00. The predicted molar refractivity (Wildman–Crippen MR) is 176 cm³/mol. The number of unbranched alkanes of at least 4 members (excludes halogenated alkanes) is 16. The van der Waals surface area contributed by atoms with E-state index in [1.165, 1.54) is 77.0 Å². The molecular weight excluding hydrogens is 621 g/mol. The van der Waals surface area contributed by atoms with Crippen LogP contribution >= 0.6 is 0 Å². The number of esters is 4. The number of carbonyl (C=O) groups excluding carboxylic acids is 6. The molecule has 0 bridgehead atoms. The summed E-state index contributed by atoms with van der Waals surface area (Å²) < 4.78 is 9.20. The molecule has 0 fully saturated rings. The summed E-state index contributed by atoms with van der Waals surface area (Å²) in [5.74, 6) is -5.49. The van der Waals surface area contributed by atoms with Gasteiger partial charge in [-0.2, -0.15) is 0 Å². The van der Waals surface area contributed by atoms with E-state index in [1.807, 2.05) is 0 Å². The molecule has 0 rings (SSSR count). The first-order valence-corrected chi connectivity index (χ1v) is 17.3. The van der Waals surface area contributed by atoms with E-state index in [4.69, 9.17) is 11.5 Å². The fourth-order valence-electron chi connectivity index (χ4n) is 4.42. The van der Waals surface area contributed by atoms with Crippen molar-refractivity contribution in [3.05, 3.63) is 0 Å². The first-order valence-electron chi connectivity index (χ1n) is 17.3. The molecule has 0 radical (unpaired) electrons. The van der Waals surface area contributed by atoms with E-state index >= 15 is 0 Å². The minimum atomic E-state index is -1.28. The van der Waals surface area contributed by atoms with Crippen LogP contribution in [0.4, 0.5) is 0 Å². The zero-order chi connectivity index (χ0) is 35.0. The van der Waals surface area contributed by atoms with Crippen molar-refractivity contribution < 1.29 is 48.5 Å². The normalized spacial score (nSPS) is 11.7. The number of rotatable bonds is 28. The smallest absolute Gasteiger partial charge is 0.550 e. The number of aliphatic carboxylic acids is 2.